The molecular formula is C23H30N4O7. The molecule has 184 valence electrons. The lowest BCUT2D eigenvalue weighted by atomic mass is 10.1. The Labute approximate surface area is 197 Å². The van der Waals surface area contributed by atoms with Crippen LogP contribution in [0.15, 0.2) is 52.7 Å². The molecule has 3 rings (SSSR count). The number of carboxylic acids is 1. The zero-order valence-corrected chi connectivity index (χ0v) is 19.0. The molecule has 0 aliphatic carbocycles. The summed E-state index contributed by atoms with van der Waals surface area (Å²) in [5, 5.41) is 29.0. The van der Waals surface area contributed by atoms with E-state index >= 15 is 0 Å². The van der Waals surface area contributed by atoms with Crippen molar-refractivity contribution in [3.63, 3.8) is 0 Å². The molecule has 2 aromatic rings. The van der Waals surface area contributed by atoms with E-state index in [1.807, 2.05) is 30.3 Å². The van der Waals surface area contributed by atoms with E-state index in [-0.39, 0.29) is 18.0 Å². The second kappa shape index (κ2) is 12.8. The monoisotopic (exact) mass is 474 g/mol. The number of hydrogen-bond donors (Lipinski definition) is 4. The van der Waals surface area contributed by atoms with Crippen molar-refractivity contribution in [1.82, 2.24) is 20.7 Å². The molecule has 0 bridgehead atoms. The molecule has 1 unspecified atom stereocenters. The number of methoxy groups -OCH3 is 1. The molecule has 0 saturated carbocycles. The lowest BCUT2D eigenvalue weighted by Crippen LogP contribution is -2.46. The van der Waals surface area contributed by atoms with Gasteiger partial charge in [0.1, 0.15) is 5.69 Å². The van der Waals surface area contributed by atoms with E-state index in [4.69, 9.17) is 14.0 Å². The largest absolute Gasteiger partial charge is 0.480 e. The zero-order chi connectivity index (χ0) is 24.3. The summed E-state index contributed by atoms with van der Waals surface area (Å²) >= 11 is 0. The summed E-state index contributed by atoms with van der Waals surface area (Å²) < 4.78 is 15.5. The molecule has 0 radical (unpaired) electrons. The van der Waals surface area contributed by atoms with Gasteiger partial charge in [0.25, 0.3) is 5.91 Å². The predicted molar refractivity (Wildman–Crippen MR) is 120 cm³/mol. The molecule has 1 amide bonds. The number of allylic oxidation sites excluding steroid dienone is 1. The van der Waals surface area contributed by atoms with E-state index in [9.17, 15) is 19.8 Å². The minimum Gasteiger partial charge on any atom is -0.480 e. The van der Waals surface area contributed by atoms with Gasteiger partial charge in [0.05, 0.1) is 32.1 Å². The van der Waals surface area contributed by atoms with Gasteiger partial charge in [-0.05, 0) is 12.0 Å². The number of benzene rings is 1. The van der Waals surface area contributed by atoms with Crippen LogP contribution in [0.5, 0.6) is 0 Å². The first-order chi connectivity index (χ1) is 16.5. The molecule has 1 fully saturated rings. The highest BCUT2D eigenvalue weighted by Gasteiger charge is 2.24. The number of carbonyl (C=O) groups excluding carboxylic acids is 1. The van der Waals surface area contributed by atoms with Crippen molar-refractivity contribution in [3.05, 3.63) is 65.2 Å². The Kier molecular flexibility index (Phi) is 9.59. The van der Waals surface area contributed by atoms with Gasteiger partial charge in [-0.3, -0.25) is 9.69 Å². The fourth-order valence-electron chi connectivity index (χ4n) is 3.36. The van der Waals surface area contributed by atoms with Gasteiger partial charge in [0.2, 0.25) is 0 Å². The van der Waals surface area contributed by atoms with Gasteiger partial charge in [0, 0.05) is 26.3 Å². The smallest absolute Gasteiger partial charge is 0.328 e. The van der Waals surface area contributed by atoms with Gasteiger partial charge < -0.3 is 34.8 Å². The first-order valence-electron chi connectivity index (χ1n) is 10.9. The predicted octanol–water partition coefficient (Wildman–Crippen LogP) is 0.430. The fraction of sp³-hybridized carbons (Fsp3) is 0.435. The summed E-state index contributed by atoms with van der Waals surface area (Å²) in [7, 11) is 1.34. The van der Waals surface area contributed by atoms with Crippen LogP contribution in [0, 0.1) is 0 Å². The van der Waals surface area contributed by atoms with Crippen molar-refractivity contribution in [2.75, 3.05) is 40.0 Å². The van der Waals surface area contributed by atoms with Crippen molar-refractivity contribution in [2.24, 2.45) is 0 Å². The van der Waals surface area contributed by atoms with E-state index in [1.54, 1.807) is 12.1 Å². The first kappa shape index (κ1) is 25.4. The van der Waals surface area contributed by atoms with Gasteiger partial charge in [-0.1, -0.05) is 41.6 Å². The van der Waals surface area contributed by atoms with Crippen LogP contribution in [0.2, 0.25) is 0 Å². The molecule has 4 N–H and O–H groups in total. The zero-order valence-electron chi connectivity index (χ0n) is 19.0. The number of aromatic nitrogens is 1. The summed E-state index contributed by atoms with van der Waals surface area (Å²) in [5.74, 6) is -1.36. The third kappa shape index (κ3) is 7.66. The van der Waals surface area contributed by atoms with Crippen molar-refractivity contribution in [3.8, 4) is 0 Å². The highest BCUT2D eigenvalue weighted by molar-refractivity contribution is 5.95. The number of nitrogens with one attached hydrogen (secondary N) is 2. The maximum absolute atomic E-state index is 12.9. The normalized spacial score (nSPS) is 16.6. The average molecular weight is 475 g/mol. The van der Waals surface area contributed by atoms with E-state index in [0.717, 1.165) is 18.7 Å². The third-order valence-electron chi connectivity index (χ3n) is 5.20. The van der Waals surface area contributed by atoms with Crippen LogP contribution in [0.4, 0.5) is 0 Å². The molecular weight excluding hydrogens is 444 g/mol. The van der Waals surface area contributed by atoms with Crippen LogP contribution in [0.25, 0.3) is 0 Å². The number of ether oxygens (including phenoxy) is 2. The van der Waals surface area contributed by atoms with Crippen LogP contribution in [0.1, 0.15) is 23.2 Å². The summed E-state index contributed by atoms with van der Waals surface area (Å²) in [6.45, 7) is 3.17. The minimum atomic E-state index is -1.35. The molecule has 0 spiro atoms. The molecule has 11 heteroatoms. The van der Waals surface area contributed by atoms with E-state index in [1.165, 1.54) is 7.11 Å². The van der Waals surface area contributed by atoms with Crippen LogP contribution in [-0.2, 0) is 32.0 Å². The highest BCUT2D eigenvalue weighted by atomic mass is 16.5. The SMILES string of the molecule is COC[C@H](NC(=O)/C(=C\Cc1ccccc1)NC(O)c1cc(CN2CCOCC2)on1)C(=O)O. The Morgan fingerprint density at radius 2 is 1.97 bits per heavy atom. The Balaban J connectivity index is 1.70. The lowest BCUT2D eigenvalue weighted by molar-refractivity contribution is -0.142. The van der Waals surface area contributed by atoms with E-state index in [0.29, 0.717) is 31.9 Å². The lowest BCUT2D eigenvalue weighted by Gasteiger charge is -2.25. The maximum atomic E-state index is 12.9. The standard InChI is InChI=1S/C23H30N4O7/c1-32-15-20(23(30)31)25-21(28)18(8-7-16-5-3-2-4-6-16)24-22(29)19-13-17(34-26-19)14-27-9-11-33-12-10-27/h2-6,8,13,20,22,24,29H,7,9-12,14-15H2,1H3,(H,25,28)(H,30,31)/b18-8+/t20-,22?/m0/s1. The number of carboxylic acid groups (broad SMARTS) is 1. The van der Waals surface area contributed by atoms with Gasteiger partial charge in [-0.15, -0.1) is 0 Å². The molecule has 1 aliphatic heterocycles. The topological polar surface area (TPSA) is 146 Å². The number of nitrogens with zero attached hydrogens (tertiary/aromatic N) is 2. The molecule has 1 aliphatic rings. The Morgan fingerprint density at radius 1 is 1.24 bits per heavy atom. The number of carbonyl (C=O) groups is 2. The number of aliphatic hydroxyl groups is 1. The third-order valence-corrected chi connectivity index (χ3v) is 5.20. The number of aliphatic carboxylic acids is 1. The van der Waals surface area contributed by atoms with Crippen molar-refractivity contribution >= 4 is 11.9 Å². The Bertz CT molecular complexity index is 957. The molecule has 1 aromatic carbocycles. The van der Waals surface area contributed by atoms with Crippen LogP contribution in [0.3, 0.4) is 0 Å². The van der Waals surface area contributed by atoms with Crippen molar-refractivity contribution in [1.29, 1.82) is 0 Å². The number of morpholine rings is 1. The van der Waals surface area contributed by atoms with Gasteiger partial charge in [-0.2, -0.15) is 0 Å². The second-order valence-corrected chi connectivity index (χ2v) is 7.78. The van der Waals surface area contributed by atoms with E-state index < -0.39 is 24.1 Å². The number of rotatable bonds is 12. The number of hydrogen-bond acceptors (Lipinski definition) is 9. The summed E-state index contributed by atoms with van der Waals surface area (Å²) in [6, 6.07) is 9.77. The Morgan fingerprint density at radius 3 is 2.65 bits per heavy atom. The molecule has 1 saturated heterocycles. The fourth-order valence-corrected chi connectivity index (χ4v) is 3.36. The Hall–Kier alpha value is -3.25. The van der Waals surface area contributed by atoms with Gasteiger partial charge in [0.15, 0.2) is 18.0 Å². The van der Waals surface area contributed by atoms with E-state index in [2.05, 4.69) is 20.7 Å². The highest BCUT2D eigenvalue weighted by Crippen LogP contribution is 2.15. The molecule has 2 heterocycles. The summed E-state index contributed by atoms with van der Waals surface area (Å²) in [5.41, 5.74) is 1.13. The molecule has 11 nitrogen and oxygen atoms in total. The first-order valence-corrected chi connectivity index (χ1v) is 10.9. The maximum Gasteiger partial charge on any atom is 0.328 e. The average Bonchev–Trinajstić information content (AvgIpc) is 3.31. The van der Waals surface area contributed by atoms with Crippen LogP contribution < -0.4 is 10.6 Å². The van der Waals surface area contributed by atoms with Gasteiger partial charge in [-0.25, -0.2) is 4.79 Å². The number of amides is 1. The molecule has 1 aromatic heterocycles. The van der Waals surface area contributed by atoms with Crippen LogP contribution in [-0.4, -0.2) is 78.2 Å². The molecule has 34 heavy (non-hydrogen) atoms. The quantitative estimate of drug-likeness (QED) is 0.252. The summed E-state index contributed by atoms with van der Waals surface area (Å²) in [4.78, 5) is 26.4. The van der Waals surface area contributed by atoms with Crippen molar-refractivity contribution in [2.45, 2.75) is 25.2 Å². The second-order valence-electron chi connectivity index (χ2n) is 7.78. The van der Waals surface area contributed by atoms with Gasteiger partial charge >= 0.3 is 5.97 Å². The summed E-state index contributed by atoms with van der Waals surface area (Å²) in [6.07, 6.45) is 0.612. The number of aliphatic hydroxyl groups excluding tert-OH is 1. The van der Waals surface area contributed by atoms with Crippen molar-refractivity contribution < 1.29 is 33.8 Å². The minimum absolute atomic E-state index is 0.00330. The van der Waals surface area contributed by atoms with Crippen LogP contribution >= 0.6 is 0 Å². The molecule has 2 atom stereocenters.